The van der Waals surface area contributed by atoms with Crippen LogP contribution in [0.15, 0.2) is 35.8 Å². The lowest BCUT2D eigenvalue weighted by atomic mass is 9.61. The Labute approximate surface area is 177 Å². The van der Waals surface area contributed by atoms with Gasteiger partial charge in [-0.1, -0.05) is 43.7 Å². The summed E-state index contributed by atoms with van der Waals surface area (Å²) in [4.78, 5) is 0. The second kappa shape index (κ2) is 7.56. The predicted molar refractivity (Wildman–Crippen MR) is 120 cm³/mol. The number of allylic oxidation sites excluding steroid dienone is 1. The smallest absolute Gasteiger partial charge is 0.400 e. The molecule has 2 aliphatic rings. The Balaban J connectivity index is 2.13. The Morgan fingerprint density at radius 3 is 1.52 bits per heavy atom. The third kappa shape index (κ3) is 4.10. The summed E-state index contributed by atoms with van der Waals surface area (Å²) < 4.78 is 25.9. The van der Waals surface area contributed by atoms with Crippen LogP contribution in [0.1, 0.15) is 80.7 Å². The van der Waals surface area contributed by atoms with Crippen LogP contribution in [0.5, 0.6) is 0 Å². The molecule has 0 amide bonds. The minimum absolute atomic E-state index is 0.394. The zero-order chi connectivity index (χ0) is 21.7. The zero-order valence-electron chi connectivity index (χ0n) is 19.6. The van der Waals surface area contributed by atoms with Crippen LogP contribution >= 0.6 is 0 Å². The molecule has 29 heavy (non-hydrogen) atoms. The summed E-state index contributed by atoms with van der Waals surface area (Å²) in [7, 11) is -0.892. The summed E-state index contributed by atoms with van der Waals surface area (Å²) in [5, 5.41) is 0. The van der Waals surface area contributed by atoms with Crippen molar-refractivity contribution in [2.45, 2.75) is 97.6 Å². The van der Waals surface area contributed by atoms with Crippen molar-refractivity contribution in [2.24, 2.45) is 0 Å². The fourth-order valence-electron chi connectivity index (χ4n) is 3.69. The Hall–Kier alpha value is -1.07. The lowest BCUT2D eigenvalue weighted by molar-refractivity contribution is 0.00578. The first kappa shape index (κ1) is 22.6. The largest absolute Gasteiger partial charge is 0.494 e. The molecule has 0 atom stereocenters. The fourth-order valence-corrected chi connectivity index (χ4v) is 3.69. The third-order valence-corrected chi connectivity index (χ3v) is 6.98. The van der Waals surface area contributed by atoms with Gasteiger partial charge in [-0.05, 0) is 78.3 Å². The van der Waals surface area contributed by atoms with Crippen molar-refractivity contribution in [1.29, 1.82) is 0 Å². The van der Waals surface area contributed by atoms with E-state index in [1.54, 1.807) is 0 Å². The molecular formula is C23H36B2O4. The molecule has 2 heterocycles. The molecule has 2 aliphatic heterocycles. The van der Waals surface area contributed by atoms with Crippen LogP contribution in [0.4, 0.5) is 0 Å². The zero-order valence-corrected chi connectivity index (χ0v) is 19.6. The van der Waals surface area contributed by atoms with Gasteiger partial charge in [-0.25, -0.2) is 0 Å². The number of benzene rings is 1. The monoisotopic (exact) mass is 398 g/mol. The van der Waals surface area contributed by atoms with Crippen LogP contribution in [0.25, 0.3) is 5.47 Å². The molecule has 2 fully saturated rings. The number of rotatable bonds is 5. The molecule has 0 radical (unpaired) electrons. The summed E-state index contributed by atoms with van der Waals surface area (Å²) in [6.07, 6.45) is 1.83. The van der Waals surface area contributed by atoms with Crippen molar-refractivity contribution < 1.29 is 18.6 Å². The van der Waals surface area contributed by atoms with Crippen molar-refractivity contribution in [3.8, 4) is 0 Å². The Kier molecular flexibility index (Phi) is 5.90. The van der Waals surface area contributed by atoms with E-state index in [1.807, 2.05) is 18.2 Å². The highest BCUT2D eigenvalue weighted by Crippen LogP contribution is 2.45. The highest BCUT2D eigenvalue weighted by molar-refractivity contribution is 6.74. The molecular weight excluding hydrogens is 362 g/mol. The topological polar surface area (TPSA) is 36.9 Å². The van der Waals surface area contributed by atoms with Crippen molar-refractivity contribution in [3.05, 3.63) is 41.4 Å². The molecule has 0 unspecified atom stereocenters. The molecule has 0 N–H and O–H groups in total. The van der Waals surface area contributed by atoms with E-state index in [1.165, 1.54) is 0 Å². The molecule has 1 aromatic rings. The van der Waals surface area contributed by atoms with Gasteiger partial charge in [0.15, 0.2) is 0 Å². The lowest BCUT2D eigenvalue weighted by Gasteiger charge is -2.32. The quantitative estimate of drug-likeness (QED) is 0.614. The molecule has 2 saturated heterocycles. The summed E-state index contributed by atoms with van der Waals surface area (Å²) in [6.45, 7) is 18.9. The summed E-state index contributed by atoms with van der Waals surface area (Å²) in [5.74, 6) is 0. The second-order valence-corrected chi connectivity index (χ2v) is 10.2. The number of hydrogen-bond donors (Lipinski definition) is 0. The highest BCUT2D eigenvalue weighted by atomic mass is 16.7. The van der Waals surface area contributed by atoms with E-state index in [9.17, 15) is 0 Å². The van der Waals surface area contributed by atoms with Crippen LogP contribution in [0.3, 0.4) is 0 Å². The van der Waals surface area contributed by atoms with Crippen LogP contribution in [0.2, 0.25) is 0 Å². The van der Waals surface area contributed by atoms with E-state index in [0.29, 0.717) is 0 Å². The summed E-state index contributed by atoms with van der Waals surface area (Å²) >= 11 is 0. The van der Waals surface area contributed by atoms with Gasteiger partial charge in [-0.3, -0.25) is 0 Å². The highest BCUT2D eigenvalue weighted by Gasteiger charge is 2.56. The van der Waals surface area contributed by atoms with Crippen LogP contribution in [-0.2, 0) is 18.6 Å². The summed E-state index contributed by atoms with van der Waals surface area (Å²) in [5.41, 5.74) is 1.61. The van der Waals surface area contributed by atoms with E-state index in [2.05, 4.69) is 74.4 Å². The van der Waals surface area contributed by atoms with E-state index in [-0.39, 0.29) is 0 Å². The van der Waals surface area contributed by atoms with Crippen molar-refractivity contribution in [3.63, 3.8) is 0 Å². The van der Waals surface area contributed by atoms with Gasteiger partial charge in [0.05, 0.1) is 22.4 Å². The molecule has 0 spiro atoms. The SMILES string of the molecule is CCC/C(B1OC(C)(C)C(C)(C)O1)=C(/B1OC(C)(C)C(C)(C)O1)c1ccccc1. The first-order valence-electron chi connectivity index (χ1n) is 10.8. The molecule has 4 nitrogen and oxygen atoms in total. The normalized spacial score (nSPS) is 25.3. The van der Waals surface area contributed by atoms with Gasteiger partial charge < -0.3 is 18.6 Å². The van der Waals surface area contributed by atoms with Crippen LogP contribution < -0.4 is 0 Å². The summed E-state index contributed by atoms with van der Waals surface area (Å²) in [6, 6.07) is 10.4. The second-order valence-electron chi connectivity index (χ2n) is 10.2. The molecule has 3 rings (SSSR count). The van der Waals surface area contributed by atoms with Crippen molar-refractivity contribution in [1.82, 2.24) is 0 Å². The standard InChI is InChI=1S/C23H36B2O4/c1-10-14-18(24-26-20(2,3)21(4,5)27-24)19(17-15-12-11-13-16-17)25-28-22(6,7)23(8,9)29-25/h11-13,15-16H,10,14H2,1-9H3/b19-18-. The van der Waals surface area contributed by atoms with Gasteiger partial charge in [0, 0.05) is 0 Å². The minimum atomic E-state index is -0.469. The Morgan fingerprint density at radius 1 is 0.690 bits per heavy atom. The van der Waals surface area contributed by atoms with Crippen molar-refractivity contribution in [2.75, 3.05) is 0 Å². The fraction of sp³-hybridized carbons (Fsp3) is 0.652. The average Bonchev–Trinajstić information content (AvgIpc) is 2.94. The van der Waals surface area contributed by atoms with Gasteiger partial charge in [0.25, 0.3) is 0 Å². The lowest BCUT2D eigenvalue weighted by Crippen LogP contribution is -2.41. The first-order chi connectivity index (χ1) is 13.3. The molecule has 0 saturated carbocycles. The molecule has 0 bridgehead atoms. The van der Waals surface area contributed by atoms with E-state index in [0.717, 1.165) is 29.4 Å². The Bertz CT molecular complexity index is 736. The van der Waals surface area contributed by atoms with Gasteiger partial charge in [-0.15, -0.1) is 0 Å². The van der Waals surface area contributed by atoms with Gasteiger partial charge >= 0.3 is 14.2 Å². The molecule has 1 aromatic carbocycles. The molecule has 158 valence electrons. The van der Waals surface area contributed by atoms with Crippen molar-refractivity contribution >= 4 is 19.7 Å². The van der Waals surface area contributed by atoms with Gasteiger partial charge in [-0.2, -0.15) is 0 Å². The van der Waals surface area contributed by atoms with E-state index < -0.39 is 36.6 Å². The molecule has 0 aromatic heterocycles. The van der Waals surface area contributed by atoms with E-state index in [4.69, 9.17) is 18.6 Å². The molecule has 6 heteroatoms. The number of hydrogen-bond acceptors (Lipinski definition) is 4. The maximum Gasteiger partial charge on any atom is 0.494 e. The predicted octanol–water partition coefficient (Wildman–Crippen LogP) is 5.50. The average molecular weight is 398 g/mol. The maximum atomic E-state index is 6.48. The first-order valence-corrected chi connectivity index (χ1v) is 10.8. The van der Waals surface area contributed by atoms with E-state index >= 15 is 0 Å². The van der Waals surface area contributed by atoms with Crippen LogP contribution in [0, 0.1) is 0 Å². The van der Waals surface area contributed by atoms with Gasteiger partial charge in [0.2, 0.25) is 0 Å². The maximum absolute atomic E-state index is 6.48. The van der Waals surface area contributed by atoms with Crippen LogP contribution in [-0.4, -0.2) is 36.6 Å². The molecule has 0 aliphatic carbocycles. The minimum Gasteiger partial charge on any atom is -0.400 e. The van der Waals surface area contributed by atoms with Gasteiger partial charge in [0.1, 0.15) is 0 Å². The Morgan fingerprint density at radius 2 is 1.10 bits per heavy atom. The third-order valence-electron chi connectivity index (χ3n) is 6.98.